The summed E-state index contributed by atoms with van der Waals surface area (Å²) in [7, 11) is 0. The first kappa shape index (κ1) is 13.2. The van der Waals surface area contributed by atoms with Crippen LogP contribution in [0.25, 0.3) is 11.6 Å². The summed E-state index contributed by atoms with van der Waals surface area (Å²) in [5.41, 5.74) is 4.88. The van der Waals surface area contributed by atoms with Crippen LogP contribution in [0.4, 0.5) is 0 Å². The molecular weight excluding hydrogens is 204 g/mol. The van der Waals surface area contributed by atoms with E-state index in [-0.39, 0.29) is 0 Å². The summed E-state index contributed by atoms with van der Waals surface area (Å²) in [6.45, 7) is 12.0. The van der Waals surface area contributed by atoms with Crippen LogP contribution in [0.15, 0.2) is 61.2 Å². The van der Waals surface area contributed by atoms with Gasteiger partial charge in [-0.25, -0.2) is 0 Å². The molecule has 0 nitrogen and oxygen atoms in total. The van der Waals surface area contributed by atoms with Gasteiger partial charge in [0.1, 0.15) is 0 Å². The van der Waals surface area contributed by atoms with Crippen molar-refractivity contribution in [3.63, 3.8) is 0 Å². The molecule has 1 aromatic rings. The Morgan fingerprint density at radius 1 is 1.24 bits per heavy atom. The molecule has 17 heavy (non-hydrogen) atoms. The molecule has 0 heterocycles. The predicted octanol–water partition coefficient (Wildman–Crippen LogP) is 5.26. The van der Waals surface area contributed by atoms with Crippen LogP contribution in [-0.4, -0.2) is 0 Å². The lowest BCUT2D eigenvalue weighted by molar-refractivity contribution is 1.15. The SMILES string of the molecule is C=C/C(CC)=C(\C=C/C)c1ccccc1C=C. The van der Waals surface area contributed by atoms with Crippen molar-refractivity contribution in [1.29, 1.82) is 0 Å². The lowest BCUT2D eigenvalue weighted by atomic mass is 9.94. The number of allylic oxidation sites excluding steroid dienone is 5. The number of hydrogen-bond donors (Lipinski definition) is 0. The van der Waals surface area contributed by atoms with Crippen LogP contribution < -0.4 is 0 Å². The van der Waals surface area contributed by atoms with E-state index in [4.69, 9.17) is 0 Å². The van der Waals surface area contributed by atoms with Gasteiger partial charge in [-0.05, 0) is 35.6 Å². The second-order valence-electron chi connectivity index (χ2n) is 3.79. The lowest BCUT2D eigenvalue weighted by Crippen LogP contribution is -1.90. The van der Waals surface area contributed by atoms with Gasteiger partial charge in [0, 0.05) is 0 Å². The van der Waals surface area contributed by atoms with Gasteiger partial charge in [-0.2, -0.15) is 0 Å². The molecule has 0 aliphatic heterocycles. The Kier molecular flexibility index (Phi) is 5.22. The quantitative estimate of drug-likeness (QED) is 0.599. The van der Waals surface area contributed by atoms with E-state index in [0.717, 1.165) is 12.0 Å². The molecule has 0 fully saturated rings. The molecule has 0 aliphatic carbocycles. The van der Waals surface area contributed by atoms with Crippen LogP contribution in [0.3, 0.4) is 0 Å². The molecule has 0 amide bonds. The third kappa shape index (κ3) is 3.07. The number of rotatable bonds is 5. The summed E-state index contributed by atoms with van der Waals surface area (Å²) in [5, 5.41) is 0. The maximum atomic E-state index is 3.90. The van der Waals surface area contributed by atoms with Crippen LogP contribution >= 0.6 is 0 Å². The summed E-state index contributed by atoms with van der Waals surface area (Å²) >= 11 is 0. The van der Waals surface area contributed by atoms with Crippen molar-refractivity contribution in [3.8, 4) is 0 Å². The van der Waals surface area contributed by atoms with Crippen molar-refractivity contribution in [1.82, 2.24) is 0 Å². The van der Waals surface area contributed by atoms with E-state index in [1.165, 1.54) is 16.7 Å². The zero-order valence-electron chi connectivity index (χ0n) is 10.7. The van der Waals surface area contributed by atoms with Gasteiger partial charge in [-0.15, -0.1) is 0 Å². The van der Waals surface area contributed by atoms with Gasteiger partial charge in [0.15, 0.2) is 0 Å². The summed E-state index contributed by atoms with van der Waals surface area (Å²) in [6, 6.07) is 8.31. The highest BCUT2D eigenvalue weighted by atomic mass is 14.1. The minimum absolute atomic E-state index is 0.981. The molecule has 0 aromatic heterocycles. The van der Waals surface area contributed by atoms with E-state index in [2.05, 4.69) is 50.4 Å². The highest BCUT2D eigenvalue weighted by Gasteiger charge is 2.05. The fourth-order valence-corrected chi connectivity index (χ4v) is 1.90. The van der Waals surface area contributed by atoms with Crippen LogP contribution in [0, 0.1) is 0 Å². The molecule has 0 atom stereocenters. The molecule has 0 saturated heterocycles. The van der Waals surface area contributed by atoms with E-state index in [1.807, 2.05) is 25.1 Å². The van der Waals surface area contributed by atoms with Gasteiger partial charge >= 0.3 is 0 Å². The van der Waals surface area contributed by atoms with Crippen LogP contribution in [-0.2, 0) is 0 Å². The first-order chi connectivity index (χ1) is 8.28. The molecular formula is C17H20. The average molecular weight is 224 g/mol. The molecule has 0 N–H and O–H groups in total. The van der Waals surface area contributed by atoms with Gasteiger partial charge in [-0.3, -0.25) is 0 Å². The third-order valence-corrected chi connectivity index (χ3v) is 2.78. The molecule has 1 aromatic carbocycles. The van der Waals surface area contributed by atoms with Crippen LogP contribution in [0.1, 0.15) is 31.4 Å². The van der Waals surface area contributed by atoms with Gasteiger partial charge in [0.05, 0.1) is 0 Å². The Bertz CT molecular complexity index is 459. The maximum absolute atomic E-state index is 3.90. The summed E-state index contributed by atoms with van der Waals surface area (Å²) < 4.78 is 0. The number of hydrogen-bond acceptors (Lipinski definition) is 0. The van der Waals surface area contributed by atoms with Crippen molar-refractivity contribution in [3.05, 3.63) is 72.4 Å². The Morgan fingerprint density at radius 2 is 1.94 bits per heavy atom. The zero-order valence-corrected chi connectivity index (χ0v) is 10.7. The fourth-order valence-electron chi connectivity index (χ4n) is 1.90. The zero-order chi connectivity index (χ0) is 12.7. The van der Waals surface area contributed by atoms with E-state index in [1.54, 1.807) is 0 Å². The summed E-state index contributed by atoms with van der Waals surface area (Å²) in [5.74, 6) is 0. The van der Waals surface area contributed by atoms with E-state index in [9.17, 15) is 0 Å². The minimum Gasteiger partial charge on any atom is -0.0988 e. The summed E-state index contributed by atoms with van der Waals surface area (Å²) in [6.07, 6.45) is 9.02. The van der Waals surface area contributed by atoms with Crippen molar-refractivity contribution >= 4 is 11.6 Å². The second kappa shape index (κ2) is 6.70. The lowest BCUT2D eigenvalue weighted by Gasteiger charge is -2.11. The largest absolute Gasteiger partial charge is 0.0988 e. The first-order valence-electron chi connectivity index (χ1n) is 5.98. The Labute approximate surface area is 105 Å². The Balaban J connectivity index is 3.47. The molecule has 0 aliphatic rings. The third-order valence-electron chi connectivity index (χ3n) is 2.78. The van der Waals surface area contributed by atoms with Crippen molar-refractivity contribution in [2.75, 3.05) is 0 Å². The van der Waals surface area contributed by atoms with Gasteiger partial charge < -0.3 is 0 Å². The topological polar surface area (TPSA) is 0 Å². The monoisotopic (exact) mass is 224 g/mol. The van der Waals surface area contributed by atoms with Crippen molar-refractivity contribution in [2.24, 2.45) is 0 Å². The molecule has 0 spiro atoms. The molecule has 88 valence electrons. The van der Waals surface area contributed by atoms with E-state index in [0.29, 0.717) is 0 Å². The predicted molar refractivity (Wildman–Crippen MR) is 78.8 cm³/mol. The van der Waals surface area contributed by atoms with Crippen LogP contribution in [0.5, 0.6) is 0 Å². The highest BCUT2D eigenvalue weighted by molar-refractivity contribution is 5.83. The normalized spacial score (nSPS) is 12.4. The molecule has 0 unspecified atom stereocenters. The molecule has 0 saturated carbocycles. The van der Waals surface area contributed by atoms with Gasteiger partial charge in [0.2, 0.25) is 0 Å². The van der Waals surface area contributed by atoms with Crippen molar-refractivity contribution < 1.29 is 0 Å². The summed E-state index contributed by atoms with van der Waals surface area (Å²) in [4.78, 5) is 0. The van der Waals surface area contributed by atoms with Crippen LogP contribution in [0.2, 0.25) is 0 Å². The van der Waals surface area contributed by atoms with Gasteiger partial charge in [0.25, 0.3) is 0 Å². The van der Waals surface area contributed by atoms with Gasteiger partial charge in [-0.1, -0.05) is 68.7 Å². The second-order valence-corrected chi connectivity index (χ2v) is 3.79. The first-order valence-corrected chi connectivity index (χ1v) is 5.98. The molecule has 0 radical (unpaired) electrons. The minimum atomic E-state index is 0.981. The van der Waals surface area contributed by atoms with E-state index < -0.39 is 0 Å². The molecule has 0 heteroatoms. The maximum Gasteiger partial charge on any atom is -0.0109 e. The Morgan fingerprint density at radius 3 is 2.47 bits per heavy atom. The average Bonchev–Trinajstić information content (AvgIpc) is 2.39. The van der Waals surface area contributed by atoms with Crippen molar-refractivity contribution in [2.45, 2.75) is 20.3 Å². The smallest absolute Gasteiger partial charge is 0.0109 e. The highest BCUT2D eigenvalue weighted by Crippen LogP contribution is 2.26. The number of benzene rings is 1. The molecule has 1 rings (SSSR count). The van der Waals surface area contributed by atoms with E-state index >= 15 is 0 Å². The standard InChI is InChI=1S/C17H20/c1-5-11-16(14(6-2)7-3)17-13-10-9-12-15(17)8-4/h5-6,8-13H,2,4,7H2,1,3H3/b11-5-,16-14-. The molecule has 0 bridgehead atoms. The fraction of sp³-hybridized carbons (Fsp3) is 0.176. The Hall–Kier alpha value is -1.82.